The molecule has 0 fully saturated rings. The zero-order valence-corrected chi connectivity index (χ0v) is 10.5. The van der Waals surface area contributed by atoms with Crippen LogP contribution in [-0.2, 0) is 0 Å². The minimum Gasteiger partial charge on any atom is -0.351 e. The van der Waals surface area contributed by atoms with E-state index in [1.165, 1.54) is 6.92 Å². The summed E-state index contributed by atoms with van der Waals surface area (Å²) >= 11 is 0. The minimum absolute atomic E-state index is 0.478. The summed E-state index contributed by atoms with van der Waals surface area (Å²) in [6, 6.07) is 0. The van der Waals surface area contributed by atoms with Crippen LogP contribution < -0.4 is 11.1 Å². The number of alkyl halides is 1. The molecule has 0 aromatic heterocycles. The lowest BCUT2D eigenvalue weighted by molar-refractivity contribution is 0.255. The Morgan fingerprint density at radius 2 is 2.19 bits per heavy atom. The molecule has 4 heteroatoms. The van der Waals surface area contributed by atoms with Crippen LogP contribution in [0.25, 0.3) is 0 Å². The Bertz CT molecular complexity index is 285. The largest absolute Gasteiger partial charge is 0.351 e. The van der Waals surface area contributed by atoms with Crippen molar-refractivity contribution in [3.63, 3.8) is 0 Å². The highest BCUT2D eigenvalue weighted by atomic mass is 19.1. The molecule has 1 unspecified atom stereocenters. The molecule has 0 saturated heterocycles. The van der Waals surface area contributed by atoms with Crippen molar-refractivity contribution in [2.24, 2.45) is 10.7 Å². The predicted molar refractivity (Wildman–Crippen MR) is 68.0 cm³/mol. The van der Waals surface area contributed by atoms with E-state index in [9.17, 15) is 4.39 Å². The van der Waals surface area contributed by atoms with Gasteiger partial charge in [0.1, 0.15) is 0 Å². The Labute approximate surface area is 97.3 Å². The highest BCUT2D eigenvalue weighted by Gasteiger charge is 2.19. The molecule has 1 atom stereocenters. The number of nitrogens with zero attached hydrogens (tertiary/aromatic N) is 1. The first-order chi connectivity index (χ1) is 7.41. The van der Waals surface area contributed by atoms with Crippen LogP contribution >= 0.6 is 0 Å². The van der Waals surface area contributed by atoms with Crippen molar-refractivity contribution in [2.75, 3.05) is 7.05 Å². The lowest BCUT2D eigenvalue weighted by atomic mass is 10.1. The molecule has 3 nitrogen and oxygen atoms in total. The van der Waals surface area contributed by atoms with E-state index in [1.807, 2.05) is 19.9 Å². The number of halogens is 1. The molecule has 92 valence electrons. The van der Waals surface area contributed by atoms with Gasteiger partial charge < -0.3 is 5.32 Å². The zero-order valence-electron chi connectivity index (χ0n) is 10.5. The SMILES string of the molecule is CCC/C=C(/C=C\NC(C)=NC)C(C)(N)F. The molecular formula is C12H22FN3. The van der Waals surface area contributed by atoms with Crippen molar-refractivity contribution >= 4 is 5.84 Å². The number of allylic oxidation sites excluding steroid dienone is 1. The third-order valence-corrected chi connectivity index (χ3v) is 2.11. The zero-order chi connectivity index (χ0) is 12.6. The van der Waals surface area contributed by atoms with Gasteiger partial charge >= 0.3 is 0 Å². The molecule has 0 aromatic rings. The quantitative estimate of drug-likeness (QED) is 0.328. The number of rotatable bonds is 5. The van der Waals surface area contributed by atoms with E-state index >= 15 is 0 Å². The number of unbranched alkanes of at least 4 members (excludes halogenated alkanes) is 1. The number of hydrogen-bond donors (Lipinski definition) is 2. The van der Waals surface area contributed by atoms with Gasteiger partial charge in [-0.1, -0.05) is 19.4 Å². The van der Waals surface area contributed by atoms with Crippen LogP contribution in [0, 0.1) is 0 Å². The molecule has 0 heterocycles. The summed E-state index contributed by atoms with van der Waals surface area (Å²) in [5.41, 5.74) is 5.90. The topological polar surface area (TPSA) is 50.4 Å². The van der Waals surface area contributed by atoms with Gasteiger partial charge in [0.15, 0.2) is 5.79 Å². The Morgan fingerprint density at radius 1 is 1.56 bits per heavy atom. The monoisotopic (exact) mass is 227 g/mol. The molecule has 0 amide bonds. The van der Waals surface area contributed by atoms with Crippen LogP contribution in [0.4, 0.5) is 4.39 Å². The summed E-state index contributed by atoms with van der Waals surface area (Å²) in [6.45, 7) is 5.21. The average Bonchev–Trinajstić information content (AvgIpc) is 2.20. The second-order valence-corrected chi connectivity index (χ2v) is 3.81. The Kier molecular flexibility index (Phi) is 6.65. The first-order valence-corrected chi connectivity index (χ1v) is 5.46. The van der Waals surface area contributed by atoms with Crippen molar-refractivity contribution in [1.82, 2.24) is 5.32 Å². The molecule has 0 radical (unpaired) electrons. The second kappa shape index (κ2) is 7.17. The fourth-order valence-corrected chi connectivity index (χ4v) is 1.05. The molecule has 16 heavy (non-hydrogen) atoms. The first-order valence-electron chi connectivity index (χ1n) is 5.46. The van der Waals surface area contributed by atoms with E-state index in [0.29, 0.717) is 5.57 Å². The number of hydrogen-bond acceptors (Lipinski definition) is 2. The number of nitrogens with one attached hydrogen (secondary N) is 1. The van der Waals surface area contributed by atoms with Crippen molar-refractivity contribution in [2.45, 2.75) is 39.4 Å². The van der Waals surface area contributed by atoms with Gasteiger partial charge in [0, 0.05) is 18.8 Å². The summed E-state index contributed by atoms with van der Waals surface area (Å²) in [5, 5.41) is 2.92. The molecule has 0 rings (SSSR count). The maximum absolute atomic E-state index is 13.6. The van der Waals surface area contributed by atoms with Crippen LogP contribution in [0.1, 0.15) is 33.6 Å². The molecule has 0 aliphatic carbocycles. The van der Waals surface area contributed by atoms with Crippen molar-refractivity contribution in [1.29, 1.82) is 0 Å². The van der Waals surface area contributed by atoms with Crippen molar-refractivity contribution in [3.8, 4) is 0 Å². The van der Waals surface area contributed by atoms with E-state index < -0.39 is 5.79 Å². The summed E-state index contributed by atoms with van der Waals surface area (Å²) in [7, 11) is 1.69. The molecule has 0 spiro atoms. The van der Waals surface area contributed by atoms with Crippen molar-refractivity contribution in [3.05, 3.63) is 23.9 Å². The number of nitrogens with two attached hydrogens (primary N) is 1. The normalized spacial score (nSPS) is 17.6. The lowest BCUT2D eigenvalue weighted by Crippen LogP contribution is -2.32. The van der Waals surface area contributed by atoms with Crippen LogP contribution in [0.5, 0.6) is 0 Å². The molecule has 0 saturated carbocycles. The van der Waals surface area contributed by atoms with E-state index in [-0.39, 0.29) is 0 Å². The van der Waals surface area contributed by atoms with Gasteiger partial charge in [0.25, 0.3) is 0 Å². The molecule has 3 N–H and O–H groups in total. The molecule has 0 bridgehead atoms. The van der Waals surface area contributed by atoms with Gasteiger partial charge in [-0.2, -0.15) is 0 Å². The molecule has 0 aliphatic rings. The summed E-state index contributed by atoms with van der Waals surface area (Å²) < 4.78 is 13.6. The summed E-state index contributed by atoms with van der Waals surface area (Å²) in [4.78, 5) is 3.92. The van der Waals surface area contributed by atoms with Crippen LogP contribution in [0.3, 0.4) is 0 Å². The van der Waals surface area contributed by atoms with Gasteiger partial charge in [-0.05, 0) is 26.3 Å². The minimum atomic E-state index is -1.80. The fourth-order valence-electron chi connectivity index (χ4n) is 1.05. The van der Waals surface area contributed by atoms with Crippen LogP contribution in [0.2, 0.25) is 0 Å². The highest BCUT2D eigenvalue weighted by molar-refractivity contribution is 5.80. The predicted octanol–water partition coefficient (Wildman–Crippen LogP) is 2.51. The van der Waals surface area contributed by atoms with Gasteiger partial charge in [-0.3, -0.25) is 10.7 Å². The van der Waals surface area contributed by atoms with Gasteiger partial charge in [-0.15, -0.1) is 0 Å². The maximum Gasteiger partial charge on any atom is 0.181 e. The van der Waals surface area contributed by atoms with Crippen LogP contribution in [-0.4, -0.2) is 18.7 Å². The number of aliphatic imine (C=N–C) groups is 1. The first kappa shape index (κ1) is 14.8. The Hall–Kier alpha value is -1.16. The van der Waals surface area contributed by atoms with Crippen molar-refractivity contribution < 1.29 is 4.39 Å². The van der Waals surface area contributed by atoms with E-state index in [0.717, 1.165) is 18.7 Å². The molecule has 0 aliphatic heterocycles. The summed E-state index contributed by atoms with van der Waals surface area (Å²) in [6.07, 6.45) is 6.89. The van der Waals surface area contributed by atoms with Crippen LogP contribution in [0.15, 0.2) is 28.9 Å². The summed E-state index contributed by atoms with van der Waals surface area (Å²) in [5.74, 6) is -1.03. The average molecular weight is 227 g/mol. The lowest BCUT2D eigenvalue weighted by Gasteiger charge is -2.16. The van der Waals surface area contributed by atoms with Gasteiger partial charge in [0.05, 0.1) is 5.84 Å². The standard InChI is InChI=1S/C12H22FN3/c1-5-6-7-11(12(3,13)14)8-9-16-10(2)15-4/h7-9H,5-6,14H2,1-4H3,(H,15,16)/b9-8-,11-7-. The van der Waals surface area contributed by atoms with E-state index in [1.54, 1.807) is 19.3 Å². The highest BCUT2D eigenvalue weighted by Crippen LogP contribution is 2.17. The Morgan fingerprint density at radius 3 is 2.62 bits per heavy atom. The third-order valence-electron chi connectivity index (χ3n) is 2.11. The second-order valence-electron chi connectivity index (χ2n) is 3.81. The van der Waals surface area contributed by atoms with Gasteiger partial charge in [0.2, 0.25) is 0 Å². The maximum atomic E-state index is 13.6. The van der Waals surface area contributed by atoms with E-state index in [2.05, 4.69) is 10.3 Å². The molecular weight excluding hydrogens is 205 g/mol. The van der Waals surface area contributed by atoms with E-state index in [4.69, 9.17) is 5.73 Å². The van der Waals surface area contributed by atoms with Gasteiger partial charge in [-0.25, -0.2) is 4.39 Å². The Balaban J connectivity index is 4.57. The fraction of sp³-hybridized carbons (Fsp3) is 0.583. The third kappa shape index (κ3) is 6.35. The smallest absolute Gasteiger partial charge is 0.181 e. The molecule has 0 aromatic carbocycles. The number of amidine groups is 1.